The second-order valence-corrected chi connectivity index (χ2v) is 6.95. The Labute approximate surface area is 130 Å². The van der Waals surface area contributed by atoms with Gasteiger partial charge in [-0.2, -0.15) is 0 Å². The first kappa shape index (κ1) is 15.7. The second-order valence-electron chi connectivity index (χ2n) is 4.21. The zero-order valence-corrected chi connectivity index (χ0v) is 13.4. The molecule has 0 spiro atoms. The predicted octanol–water partition coefficient (Wildman–Crippen LogP) is 2.82. The Balaban J connectivity index is 2.34. The van der Waals surface area contributed by atoms with Gasteiger partial charge in [0.05, 0.1) is 22.0 Å². The van der Waals surface area contributed by atoms with Crippen LogP contribution in [0.5, 0.6) is 0 Å². The van der Waals surface area contributed by atoms with Crippen LogP contribution in [0.15, 0.2) is 45.8 Å². The van der Waals surface area contributed by atoms with Crippen molar-refractivity contribution in [1.29, 1.82) is 0 Å². The van der Waals surface area contributed by atoms with Crippen LogP contribution in [-0.2, 0) is 10.0 Å². The van der Waals surface area contributed by atoms with Crippen LogP contribution < -0.4 is 15.8 Å². The van der Waals surface area contributed by atoms with Crippen molar-refractivity contribution in [3.63, 3.8) is 0 Å². The third-order valence-electron chi connectivity index (χ3n) is 2.80. The molecule has 0 fully saturated rings. The molecule has 2 aromatic rings. The van der Waals surface area contributed by atoms with Gasteiger partial charge in [0.15, 0.2) is 0 Å². The molecular formula is C13H13BrFN3O2S. The van der Waals surface area contributed by atoms with Crippen molar-refractivity contribution in [2.24, 2.45) is 0 Å². The molecule has 2 rings (SSSR count). The molecule has 0 heterocycles. The number of nitrogens with one attached hydrogen (secondary N) is 2. The summed E-state index contributed by atoms with van der Waals surface area (Å²) in [4.78, 5) is 0.0752. The number of sulfonamides is 1. The van der Waals surface area contributed by atoms with Crippen molar-refractivity contribution >= 4 is 43.0 Å². The Bertz CT molecular complexity index is 781. The van der Waals surface area contributed by atoms with E-state index in [0.29, 0.717) is 15.8 Å². The van der Waals surface area contributed by atoms with Gasteiger partial charge in [-0.15, -0.1) is 0 Å². The first-order valence-electron chi connectivity index (χ1n) is 5.88. The van der Waals surface area contributed by atoms with Crippen molar-refractivity contribution in [2.75, 3.05) is 18.1 Å². The van der Waals surface area contributed by atoms with E-state index < -0.39 is 10.0 Å². The maximum atomic E-state index is 13.0. The zero-order chi connectivity index (χ0) is 15.6. The minimum atomic E-state index is -3.54. The van der Waals surface area contributed by atoms with Crippen LogP contribution in [-0.4, -0.2) is 15.5 Å². The molecule has 112 valence electrons. The minimum Gasteiger partial charge on any atom is -0.397 e. The molecule has 4 N–H and O–H groups in total. The molecule has 0 saturated carbocycles. The van der Waals surface area contributed by atoms with E-state index >= 15 is 0 Å². The molecule has 0 amide bonds. The third kappa shape index (κ3) is 3.52. The summed E-state index contributed by atoms with van der Waals surface area (Å²) in [6.45, 7) is 0. The molecule has 0 atom stereocenters. The number of anilines is 3. The van der Waals surface area contributed by atoms with Gasteiger partial charge in [-0.3, -0.25) is 0 Å². The Kier molecular flexibility index (Phi) is 4.50. The summed E-state index contributed by atoms with van der Waals surface area (Å²) in [6.07, 6.45) is 0. The van der Waals surface area contributed by atoms with Crippen LogP contribution in [0.1, 0.15) is 0 Å². The van der Waals surface area contributed by atoms with E-state index in [9.17, 15) is 12.8 Å². The van der Waals surface area contributed by atoms with Crippen LogP contribution >= 0.6 is 15.9 Å². The van der Waals surface area contributed by atoms with E-state index in [0.717, 1.165) is 0 Å². The average Bonchev–Trinajstić information content (AvgIpc) is 2.43. The summed E-state index contributed by atoms with van der Waals surface area (Å²) < 4.78 is 39.1. The number of nitrogens with two attached hydrogens (primary N) is 1. The average molecular weight is 374 g/mol. The molecule has 0 aliphatic heterocycles. The maximum absolute atomic E-state index is 13.0. The van der Waals surface area contributed by atoms with Crippen molar-refractivity contribution in [3.05, 3.63) is 46.7 Å². The quantitative estimate of drug-likeness (QED) is 0.719. The fourth-order valence-corrected chi connectivity index (χ4v) is 2.89. The van der Waals surface area contributed by atoms with Crippen molar-refractivity contribution in [3.8, 4) is 0 Å². The molecule has 0 aliphatic rings. The third-order valence-corrected chi connectivity index (χ3v) is 4.87. The number of nitrogen functional groups attached to an aromatic ring is 1. The molecule has 0 unspecified atom stereocenters. The standard InChI is InChI=1S/C13H13BrFN3O2S/c1-17-21(19,20)9-3-5-13(11(16)7-9)18-12-4-2-8(15)6-10(12)14/h2-7,17-18H,16H2,1H3. The summed E-state index contributed by atoms with van der Waals surface area (Å²) in [6, 6.07) is 8.52. The predicted molar refractivity (Wildman–Crippen MR) is 84.5 cm³/mol. The molecule has 0 bridgehead atoms. The van der Waals surface area contributed by atoms with Crippen LogP contribution in [0.25, 0.3) is 0 Å². The van der Waals surface area contributed by atoms with Gasteiger partial charge >= 0.3 is 0 Å². The number of benzene rings is 2. The van der Waals surface area contributed by atoms with Crippen molar-refractivity contribution in [2.45, 2.75) is 4.90 Å². The van der Waals surface area contributed by atoms with Gasteiger partial charge < -0.3 is 11.1 Å². The van der Waals surface area contributed by atoms with E-state index in [1.807, 2.05) is 0 Å². The maximum Gasteiger partial charge on any atom is 0.240 e. The first-order valence-corrected chi connectivity index (χ1v) is 8.16. The Morgan fingerprint density at radius 2 is 1.81 bits per heavy atom. The lowest BCUT2D eigenvalue weighted by Gasteiger charge is -2.12. The second kappa shape index (κ2) is 6.00. The molecule has 0 aromatic heterocycles. The van der Waals surface area contributed by atoms with Gasteiger partial charge in [0, 0.05) is 4.47 Å². The first-order chi connectivity index (χ1) is 9.83. The lowest BCUT2D eigenvalue weighted by molar-refractivity contribution is 0.588. The highest BCUT2D eigenvalue weighted by Crippen LogP contribution is 2.30. The van der Waals surface area contributed by atoms with E-state index in [2.05, 4.69) is 26.0 Å². The molecule has 5 nitrogen and oxygen atoms in total. The normalized spacial score (nSPS) is 11.4. The highest BCUT2D eigenvalue weighted by atomic mass is 79.9. The van der Waals surface area contributed by atoms with Crippen molar-refractivity contribution < 1.29 is 12.8 Å². The Morgan fingerprint density at radius 3 is 2.38 bits per heavy atom. The molecule has 0 saturated heterocycles. The summed E-state index contributed by atoms with van der Waals surface area (Å²) in [5.41, 5.74) is 7.27. The van der Waals surface area contributed by atoms with Crippen LogP contribution in [0.3, 0.4) is 0 Å². The van der Waals surface area contributed by atoms with Gasteiger partial charge in [0.25, 0.3) is 0 Å². The fourth-order valence-electron chi connectivity index (χ4n) is 1.68. The molecule has 0 radical (unpaired) electrons. The number of hydrogen-bond acceptors (Lipinski definition) is 4. The molecule has 2 aromatic carbocycles. The molecule has 8 heteroatoms. The molecule has 0 aliphatic carbocycles. The van der Waals surface area contributed by atoms with Crippen LogP contribution in [0, 0.1) is 5.82 Å². The SMILES string of the molecule is CNS(=O)(=O)c1ccc(Nc2ccc(F)cc2Br)c(N)c1. The van der Waals surface area contributed by atoms with Gasteiger partial charge in [-0.1, -0.05) is 0 Å². The largest absolute Gasteiger partial charge is 0.397 e. The summed E-state index contributed by atoms with van der Waals surface area (Å²) in [7, 11) is -2.21. The van der Waals surface area contributed by atoms with E-state index in [4.69, 9.17) is 5.73 Å². The smallest absolute Gasteiger partial charge is 0.240 e. The van der Waals surface area contributed by atoms with Gasteiger partial charge in [-0.05, 0) is 59.4 Å². The minimum absolute atomic E-state index is 0.0752. The topological polar surface area (TPSA) is 84.2 Å². The lowest BCUT2D eigenvalue weighted by atomic mass is 10.2. The van der Waals surface area contributed by atoms with Gasteiger partial charge in [0.1, 0.15) is 5.82 Å². The zero-order valence-electron chi connectivity index (χ0n) is 11.0. The summed E-state index contributed by atoms with van der Waals surface area (Å²) >= 11 is 3.24. The van der Waals surface area contributed by atoms with Crippen molar-refractivity contribution in [1.82, 2.24) is 4.72 Å². The van der Waals surface area contributed by atoms with Crippen LogP contribution in [0.4, 0.5) is 21.5 Å². The van der Waals surface area contributed by atoms with Crippen LogP contribution in [0.2, 0.25) is 0 Å². The van der Waals surface area contributed by atoms with E-state index in [-0.39, 0.29) is 16.4 Å². The lowest BCUT2D eigenvalue weighted by Crippen LogP contribution is -2.18. The summed E-state index contributed by atoms with van der Waals surface area (Å²) in [5.74, 6) is -0.365. The Morgan fingerprint density at radius 1 is 1.14 bits per heavy atom. The van der Waals surface area contributed by atoms with E-state index in [1.165, 1.54) is 31.3 Å². The number of halogens is 2. The molecular weight excluding hydrogens is 361 g/mol. The fraction of sp³-hybridized carbons (Fsp3) is 0.0769. The highest BCUT2D eigenvalue weighted by Gasteiger charge is 2.13. The summed E-state index contributed by atoms with van der Waals surface area (Å²) in [5, 5.41) is 3.01. The molecule has 21 heavy (non-hydrogen) atoms. The van der Waals surface area contributed by atoms with Gasteiger partial charge in [-0.25, -0.2) is 17.5 Å². The number of rotatable bonds is 4. The number of hydrogen-bond donors (Lipinski definition) is 3. The monoisotopic (exact) mass is 373 g/mol. The van der Waals surface area contributed by atoms with E-state index in [1.54, 1.807) is 12.1 Å². The Hall–Kier alpha value is -1.64. The highest BCUT2D eigenvalue weighted by molar-refractivity contribution is 9.10. The van der Waals surface area contributed by atoms with Gasteiger partial charge in [0.2, 0.25) is 10.0 Å².